The lowest BCUT2D eigenvalue weighted by molar-refractivity contribution is -0.166. The van der Waals surface area contributed by atoms with E-state index in [4.69, 9.17) is 15.2 Å². The van der Waals surface area contributed by atoms with Gasteiger partial charge in [0, 0.05) is 5.75 Å². The number of nitrogens with zero attached hydrogens (tertiary/aromatic N) is 2. The molecule has 0 aromatic carbocycles. The van der Waals surface area contributed by atoms with E-state index < -0.39 is 35.0 Å². The molecule has 0 unspecified atom stereocenters. The third-order valence-corrected chi connectivity index (χ3v) is 6.42. The average Bonchev–Trinajstić information content (AvgIpc) is 3.08. The number of nitrogen functional groups attached to an aromatic ring is 1. The smallest absolute Gasteiger partial charge is 0.351 e. The van der Waals surface area contributed by atoms with Gasteiger partial charge < -0.3 is 15.2 Å². The summed E-state index contributed by atoms with van der Waals surface area (Å²) >= 11 is 1.23. The minimum absolute atomic E-state index is 0.122. The molecule has 7 nitrogen and oxygen atoms in total. The number of ether oxygens (including phenoxy) is 2. The Morgan fingerprint density at radius 3 is 2.93 bits per heavy atom. The van der Waals surface area contributed by atoms with Crippen molar-refractivity contribution < 1.29 is 18.7 Å². The summed E-state index contributed by atoms with van der Waals surface area (Å²) in [5.41, 5.74) is 3.74. The summed E-state index contributed by atoms with van der Waals surface area (Å²) in [5.74, 6) is -0.0872. The van der Waals surface area contributed by atoms with Crippen LogP contribution in [0.15, 0.2) is 11.0 Å². The fourth-order valence-corrected chi connectivity index (χ4v) is 4.76. The van der Waals surface area contributed by atoms with Crippen molar-refractivity contribution in [2.75, 3.05) is 11.5 Å². The molecule has 2 N–H and O–H groups in total. The van der Waals surface area contributed by atoms with Crippen molar-refractivity contribution >= 4 is 23.5 Å². The van der Waals surface area contributed by atoms with Crippen molar-refractivity contribution in [1.82, 2.24) is 9.55 Å². The third kappa shape index (κ3) is 4.45. The molecule has 27 heavy (non-hydrogen) atoms. The molecule has 2 heterocycles. The van der Waals surface area contributed by atoms with Crippen LogP contribution in [-0.2, 0) is 14.3 Å². The lowest BCUT2D eigenvalue weighted by Gasteiger charge is -2.37. The number of carbonyl (C=O) groups excluding carboxylic acids is 1. The summed E-state index contributed by atoms with van der Waals surface area (Å²) in [6.07, 6.45) is 3.09. The molecule has 1 aliphatic heterocycles. The van der Waals surface area contributed by atoms with Crippen LogP contribution in [0.1, 0.15) is 46.3 Å². The Hall–Kier alpha value is -1.61. The zero-order valence-electron chi connectivity index (χ0n) is 15.8. The molecule has 1 aromatic heterocycles. The molecule has 0 bridgehead atoms. The van der Waals surface area contributed by atoms with Crippen LogP contribution in [0.25, 0.3) is 0 Å². The molecule has 1 aromatic rings. The first-order valence-electron chi connectivity index (χ1n) is 9.28. The quantitative estimate of drug-likeness (QED) is 0.777. The van der Waals surface area contributed by atoms with Gasteiger partial charge >= 0.3 is 11.7 Å². The van der Waals surface area contributed by atoms with Crippen molar-refractivity contribution in [2.45, 2.75) is 57.8 Å². The van der Waals surface area contributed by atoms with Crippen molar-refractivity contribution in [1.29, 1.82) is 0 Å². The average molecular weight is 399 g/mol. The van der Waals surface area contributed by atoms with Gasteiger partial charge in [0.15, 0.2) is 11.6 Å². The van der Waals surface area contributed by atoms with Crippen LogP contribution in [0, 0.1) is 23.6 Å². The summed E-state index contributed by atoms with van der Waals surface area (Å²) in [4.78, 5) is 28.0. The predicted octanol–water partition coefficient (Wildman–Crippen LogP) is 2.56. The topological polar surface area (TPSA) is 96.4 Å². The minimum atomic E-state index is -0.840. The number of thioether (sulfide) groups is 1. The second-order valence-electron chi connectivity index (χ2n) is 7.72. The second-order valence-corrected chi connectivity index (χ2v) is 8.82. The van der Waals surface area contributed by atoms with Gasteiger partial charge in [-0.05, 0) is 30.6 Å². The van der Waals surface area contributed by atoms with Gasteiger partial charge in [0.25, 0.3) is 0 Å². The standard InChI is InChI=1S/C18H26FN3O4S/c1-9(2)11-5-4-10(3)6-13(11)25-16(23)17-26-14(8-27-17)22-7-12(19)15(20)21-18(22)24/h7,9-11,13-14,17H,4-6,8H2,1-3H3,(H2,20,21,24)/t10-,11+,13+,14+,17-/m0/s1. The van der Waals surface area contributed by atoms with Crippen LogP contribution in [0.5, 0.6) is 0 Å². The van der Waals surface area contributed by atoms with Gasteiger partial charge in [0.2, 0.25) is 5.44 Å². The summed E-state index contributed by atoms with van der Waals surface area (Å²) < 4.78 is 26.1. The SMILES string of the molecule is CC(C)[C@H]1CC[C@H](C)C[C@H]1OC(=O)[C@H]1O[C@@H](n2cc(F)c(N)nc2=O)CS1. The highest BCUT2D eigenvalue weighted by molar-refractivity contribution is 8.00. The molecule has 2 aliphatic rings. The van der Waals surface area contributed by atoms with E-state index in [0.717, 1.165) is 30.0 Å². The van der Waals surface area contributed by atoms with Crippen LogP contribution in [0.3, 0.4) is 0 Å². The number of rotatable bonds is 4. The van der Waals surface area contributed by atoms with E-state index in [2.05, 4.69) is 25.8 Å². The Kier molecular flexibility index (Phi) is 6.10. The molecule has 3 rings (SSSR count). The van der Waals surface area contributed by atoms with Gasteiger partial charge in [-0.15, -0.1) is 11.8 Å². The zero-order valence-corrected chi connectivity index (χ0v) is 16.6. The van der Waals surface area contributed by atoms with E-state index in [-0.39, 0.29) is 6.10 Å². The van der Waals surface area contributed by atoms with E-state index in [1.807, 2.05) is 0 Å². The van der Waals surface area contributed by atoms with E-state index in [1.165, 1.54) is 11.8 Å². The number of anilines is 1. The predicted molar refractivity (Wildman–Crippen MR) is 100 cm³/mol. The van der Waals surface area contributed by atoms with Crippen molar-refractivity contribution in [3.8, 4) is 0 Å². The molecule has 1 saturated carbocycles. The molecule has 5 atom stereocenters. The second kappa shape index (κ2) is 8.18. The molecular formula is C18H26FN3O4S. The Balaban J connectivity index is 1.65. The normalized spacial score (nSPS) is 31.2. The van der Waals surface area contributed by atoms with Crippen molar-refractivity contribution in [3.05, 3.63) is 22.5 Å². The first-order valence-corrected chi connectivity index (χ1v) is 10.3. The maximum absolute atomic E-state index is 13.6. The molecule has 2 fully saturated rings. The Morgan fingerprint density at radius 1 is 1.48 bits per heavy atom. The van der Waals surface area contributed by atoms with Gasteiger partial charge in [-0.3, -0.25) is 4.57 Å². The molecule has 9 heteroatoms. The van der Waals surface area contributed by atoms with Gasteiger partial charge in [0.1, 0.15) is 12.3 Å². The largest absolute Gasteiger partial charge is 0.459 e. The van der Waals surface area contributed by atoms with Crippen molar-refractivity contribution in [2.24, 2.45) is 17.8 Å². The molecule has 0 amide bonds. The summed E-state index contributed by atoms with van der Waals surface area (Å²) in [6, 6.07) is 0. The first kappa shape index (κ1) is 20.1. The molecule has 1 saturated heterocycles. The van der Waals surface area contributed by atoms with Crippen molar-refractivity contribution in [3.63, 3.8) is 0 Å². The molecule has 0 radical (unpaired) electrons. The summed E-state index contributed by atoms with van der Waals surface area (Å²) in [6.45, 7) is 6.46. The number of nitrogens with two attached hydrogens (primary N) is 1. The fraction of sp³-hybridized carbons (Fsp3) is 0.722. The number of halogens is 1. The highest BCUT2D eigenvalue weighted by Gasteiger charge is 2.39. The minimum Gasteiger partial charge on any atom is -0.459 e. The summed E-state index contributed by atoms with van der Waals surface area (Å²) in [7, 11) is 0. The Morgan fingerprint density at radius 2 is 2.22 bits per heavy atom. The number of hydrogen-bond acceptors (Lipinski definition) is 7. The zero-order chi connectivity index (χ0) is 19.7. The van der Waals surface area contributed by atoms with Crippen LogP contribution in [0.4, 0.5) is 10.2 Å². The number of esters is 1. The number of hydrogen-bond donors (Lipinski definition) is 1. The van der Waals surface area contributed by atoms with E-state index in [9.17, 15) is 14.0 Å². The maximum atomic E-state index is 13.6. The molecule has 0 spiro atoms. The van der Waals surface area contributed by atoms with E-state index in [1.54, 1.807) is 0 Å². The molecule has 1 aliphatic carbocycles. The number of carbonyl (C=O) groups is 1. The third-order valence-electron chi connectivity index (χ3n) is 5.34. The lowest BCUT2D eigenvalue weighted by atomic mass is 9.75. The highest BCUT2D eigenvalue weighted by atomic mass is 32.2. The molecular weight excluding hydrogens is 373 g/mol. The van der Waals surface area contributed by atoms with Gasteiger partial charge in [-0.25, -0.2) is 14.0 Å². The maximum Gasteiger partial charge on any atom is 0.351 e. The highest BCUT2D eigenvalue weighted by Crippen LogP contribution is 2.37. The monoisotopic (exact) mass is 399 g/mol. The van der Waals surface area contributed by atoms with E-state index >= 15 is 0 Å². The van der Waals surface area contributed by atoms with Gasteiger partial charge in [-0.2, -0.15) is 4.98 Å². The van der Waals surface area contributed by atoms with Crippen LogP contribution in [0.2, 0.25) is 0 Å². The Bertz CT molecular complexity index is 757. The van der Waals surface area contributed by atoms with Crippen LogP contribution >= 0.6 is 11.8 Å². The van der Waals surface area contributed by atoms with Gasteiger partial charge in [0.05, 0.1) is 6.20 Å². The molecule has 150 valence electrons. The lowest BCUT2D eigenvalue weighted by Crippen LogP contribution is -2.38. The summed E-state index contributed by atoms with van der Waals surface area (Å²) in [5, 5.41) is 0. The van der Waals surface area contributed by atoms with Crippen LogP contribution in [-0.4, -0.2) is 32.8 Å². The van der Waals surface area contributed by atoms with E-state index in [0.29, 0.717) is 23.5 Å². The fourth-order valence-electron chi connectivity index (χ4n) is 3.78. The first-order chi connectivity index (χ1) is 12.8. The van der Waals surface area contributed by atoms with Gasteiger partial charge in [-0.1, -0.05) is 27.2 Å². The number of aromatic nitrogens is 2. The Labute approximate surface area is 161 Å². The van der Waals surface area contributed by atoms with Crippen LogP contribution < -0.4 is 11.4 Å².